The van der Waals surface area contributed by atoms with Crippen molar-refractivity contribution in [1.82, 2.24) is 19.4 Å². The van der Waals surface area contributed by atoms with Crippen LogP contribution in [0.1, 0.15) is 26.5 Å². The van der Waals surface area contributed by atoms with E-state index in [9.17, 15) is 14.4 Å². The minimum Gasteiger partial charge on any atom is -0.497 e. The minimum atomic E-state index is -0.337. The summed E-state index contributed by atoms with van der Waals surface area (Å²) in [7, 11) is 4.62. The number of hydrogen-bond acceptors (Lipinski definition) is 7. The number of carbonyl (C=O) groups is 2. The van der Waals surface area contributed by atoms with E-state index in [0.29, 0.717) is 49.0 Å². The van der Waals surface area contributed by atoms with Crippen LogP contribution in [-0.4, -0.2) is 71.6 Å². The zero-order valence-electron chi connectivity index (χ0n) is 18.4. The number of amides is 2. The van der Waals surface area contributed by atoms with Gasteiger partial charge in [0.2, 0.25) is 5.71 Å². The zero-order valence-corrected chi connectivity index (χ0v) is 18.4. The molecule has 0 atom stereocenters. The van der Waals surface area contributed by atoms with E-state index in [0.717, 1.165) is 0 Å². The number of methoxy groups -OCH3 is 2. The third-order valence-corrected chi connectivity index (χ3v) is 5.66. The van der Waals surface area contributed by atoms with Crippen molar-refractivity contribution in [2.45, 2.75) is 6.92 Å². The summed E-state index contributed by atoms with van der Waals surface area (Å²) in [6.07, 6.45) is 1.36. The Kier molecular flexibility index (Phi) is 5.60. The molecule has 10 heteroatoms. The Balaban J connectivity index is 1.52. The van der Waals surface area contributed by atoms with E-state index in [1.807, 2.05) is 0 Å². The second-order valence-electron chi connectivity index (χ2n) is 7.52. The van der Waals surface area contributed by atoms with Gasteiger partial charge in [-0.25, -0.2) is 4.98 Å². The van der Waals surface area contributed by atoms with Crippen LogP contribution in [0, 0.1) is 6.92 Å². The molecule has 0 unspecified atom stereocenters. The molecule has 1 fully saturated rings. The van der Waals surface area contributed by atoms with Crippen molar-refractivity contribution < 1.29 is 23.5 Å². The molecule has 0 aliphatic carbocycles. The summed E-state index contributed by atoms with van der Waals surface area (Å²) in [6, 6.07) is 5.03. The number of hydrogen-bond donors (Lipinski definition) is 0. The van der Waals surface area contributed by atoms with Gasteiger partial charge in [0.25, 0.3) is 17.4 Å². The molecule has 0 N–H and O–H groups in total. The summed E-state index contributed by atoms with van der Waals surface area (Å²) >= 11 is 0. The third kappa shape index (κ3) is 3.57. The average molecular weight is 440 g/mol. The van der Waals surface area contributed by atoms with Gasteiger partial charge in [0.1, 0.15) is 29.0 Å². The number of fused-ring (bicyclic) bond motifs is 1. The van der Waals surface area contributed by atoms with Crippen LogP contribution < -0.4 is 15.0 Å². The van der Waals surface area contributed by atoms with Crippen molar-refractivity contribution in [1.29, 1.82) is 0 Å². The molecule has 32 heavy (non-hydrogen) atoms. The molecule has 0 bridgehead atoms. The Morgan fingerprint density at radius 2 is 1.69 bits per heavy atom. The lowest BCUT2D eigenvalue weighted by molar-refractivity contribution is 0.0533. The van der Waals surface area contributed by atoms with Gasteiger partial charge in [-0.2, -0.15) is 0 Å². The number of piperazine rings is 1. The Labute approximate surface area is 183 Å². The van der Waals surface area contributed by atoms with Gasteiger partial charge in [0.05, 0.1) is 25.3 Å². The second-order valence-corrected chi connectivity index (χ2v) is 7.52. The maximum atomic E-state index is 13.2. The van der Waals surface area contributed by atoms with Crippen LogP contribution in [0.15, 0.2) is 33.7 Å². The Morgan fingerprint density at radius 1 is 1.03 bits per heavy atom. The highest BCUT2D eigenvalue weighted by Crippen LogP contribution is 2.27. The van der Waals surface area contributed by atoms with E-state index in [1.54, 1.807) is 49.1 Å². The molecule has 3 heterocycles. The van der Waals surface area contributed by atoms with E-state index in [4.69, 9.17) is 13.9 Å². The topological polar surface area (TPSA) is 107 Å². The van der Waals surface area contributed by atoms with Crippen LogP contribution in [0.5, 0.6) is 11.5 Å². The van der Waals surface area contributed by atoms with Crippen molar-refractivity contribution in [2.24, 2.45) is 7.05 Å². The fourth-order valence-electron chi connectivity index (χ4n) is 3.86. The van der Waals surface area contributed by atoms with Crippen molar-refractivity contribution in [3.63, 3.8) is 0 Å². The average Bonchev–Trinajstić information content (AvgIpc) is 3.16. The predicted molar refractivity (Wildman–Crippen MR) is 115 cm³/mol. The number of benzene rings is 1. The lowest BCUT2D eigenvalue weighted by Gasteiger charge is -2.35. The molecule has 0 radical (unpaired) electrons. The van der Waals surface area contributed by atoms with Gasteiger partial charge in [-0.05, 0) is 19.1 Å². The van der Waals surface area contributed by atoms with E-state index in [1.165, 1.54) is 18.0 Å². The number of furan rings is 1. The molecule has 2 aromatic heterocycles. The van der Waals surface area contributed by atoms with Crippen molar-refractivity contribution in [2.75, 3.05) is 40.4 Å². The van der Waals surface area contributed by atoms with Gasteiger partial charge in [0, 0.05) is 39.3 Å². The number of nitrogens with zero attached hydrogens (tertiary/aromatic N) is 4. The first-order valence-electron chi connectivity index (χ1n) is 10.1. The van der Waals surface area contributed by atoms with Gasteiger partial charge in [-0.1, -0.05) is 0 Å². The van der Waals surface area contributed by atoms with Gasteiger partial charge < -0.3 is 28.3 Å². The first kappa shape index (κ1) is 21.4. The number of carbonyl (C=O) groups excluding carboxylic acids is 2. The second kappa shape index (κ2) is 8.37. The summed E-state index contributed by atoms with van der Waals surface area (Å²) < 4.78 is 17.4. The molecule has 168 valence electrons. The molecule has 1 saturated heterocycles. The van der Waals surface area contributed by atoms with Crippen molar-refractivity contribution in [3.8, 4) is 11.5 Å². The monoisotopic (exact) mass is 440 g/mol. The van der Waals surface area contributed by atoms with E-state index in [2.05, 4.69) is 4.98 Å². The van der Waals surface area contributed by atoms with Gasteiger partial charge in [0.15, 0.2) is 0 Å². The number of aromatic nitrogens is 2. The van der Waals surface area contributed by atoms with Crippen LogP contribution in [0.4, 0.5) is 0 Å². The fourth-order valence-corrected chi connectivity index (χ4v) is 3.86. The standard InChI is InChI=1S/C22H24N4O6/c1-13-17(18-19(32-13)23-12-24(2)21(18)28)22(29)26-9-7-25(8-10-26)20(27)15-6-5-14(30-3)11-16(15)31-4/h5-6,11-12H,7-10H2,1-4H3. The molecule has 4 rings (SSSR count). The van der Waals surface area contributed by atoms with Gasteiger partial charge in [-0.3, -0.25) is 14.4 Å². The minimum absolute atomic E-state index is 0.148. The molecule has 0 spiro atoms. The van der Waals surface area contributed by atoms with Crippen molar-refractivity contribution in [3.05, 3.63) is 51.8 Å². The summed E-state index contributed by atoms with van der Waals surface area (Å²) in [5, 5.41) is 0.180. The number of rotatable bonds is 4. The highest BCUT2D eigenvalue weighted by atomic mass is 16.5. The Bertz CT molecular complexity index is 1250. The third-order valence-electron chi connectivity index (χ3n) is 5.66. The molecule has 0 saturated carbocycles. The van der Waals surface area contributed by atoms with Crippen LogP contribution in [0.2, 0.25) is 0 Å². The smallest absolute Gasteiger partial charge is 0.265 e. The maximum absolute atomic E-state index is 13.2. The zero-order chi connectivity index (χ0) is 23.0. The number of aryl methyl sites for hydroxylation is 2. The molecule has 3 aromatic rings. The first-order chi connectivity index (χ1) is 15.3. The predicted octanol–water partition coefficient (Wildman–Crippen LogP) is 1.45. The van der Waals surface area contributed by atoms with Crippen LogP contribution in [0.25, 0.3) is 11.1 Å². The van der Waals surface area contributed by atoms with Crippen molar-refractivity contribution >= 4 is 22.9 Å². The fraction of sp³-hybridized carbons (Fsp3) is 0.364. The van der Waals surface area contributed by atoms with E-state index < -0.39 is 0 Å². The van der Waals surface area contributed by atoms with Crippen LogP contribution in [-0.2, 0) is 7.05 Å². The highest BCUT2D eigenvalue weighted by Gasteiger charge is 2.31. The molecule has 1 aliphatic rings. The number of ether oxygens (including phenoxy) is 2. The van der Waals surface area contributed by atoms with Crippen LogP contribution >= 0.6 is 0 Å². The van der Waals surface area contributed by atoms with Gasteiger partial charge in [-0.15, -0.1) is 0 Å². The lowest BCUT2D eigenvalue weighted by atomic mass is 10.1. The Morgan fingerprint density at radius 3 is 2.31 bits per heavy atom. The maximum Gasteiger partial charge on any atom is 0.265 e. The van der Waals surface area contributed by atoms with E-state index in [-0.39, 0.29) is 34.0 Å². The van der Waals surface area contributed by atoms with Gasteiger partial charge >= 0.3 is 0 Å². The largest absolute Gasteiger partial charge is 0.497 e. The van der Waals surface area contributed by atoms with E-state index >= 15 is 0 Å². The highest BCUT2D eigenvalue weighted by molar-refractivity contribution is 6.06. The normalized spacial score (nSPS) is 14.0. The summed E-state index contributed by atoms with van der Waals surface area (Å²) in [5.41, 5.74) is 0.467. The molecule has 1 aromatic carbocycles. The molecule has 1 aliphatic heterocycles. The lowest BCUT2D eigenvalue weighted by Crippen LogP contribution is -2.50. The quantitative estimate of drug-likeness (QED) is 0.604. The summed E-state index contributed by atoms with van der Waals surface area (Å²) in [4.78, 5) is 46.2. The summed E-state index contributed by atoms with van der Waals surface area (Å²) in [5.74, 6) is 0.885. The van der Waals surface area contributed by atoms with Crippen LogP contribution in [0.3, 0.4) is 0 Å². The molecule has 10 nitrogen and oxygen atoms in total. The molecular weight excluding hydrogens is 416 g/mol. The molecule has 2 amide bonds. The SMILES string of the molecule is COc1ccc(C(=O)N2CCN(C(=O)c3c(C)oc4ncn(C)c(=O)c34)CC2)c(OC)c1. The summed E-state index contributed by atoms with van der Waals surface area (Å²) in [6.45, 7) is 3.01. The molecular formula is C22H24N4O6. The first-order valence-corrected chi connectivity index (χ1v) is 10.1. The Hall–Kier alpha value is -3.82.